The van der Waals surface area contributed by atoms with Crippen LogP contribution in [-0.2, 0) is 10.3 Å². The predicted molar refractivity (Wildman–Crippen MR) is 109 cm³/mol. The number of hydrogen-bond acceptors (Lipinski definition) is 7. The Morgan fingerprint density at radius 1 is 0.900 bits per heavy atom. The average molecular weight is 413 g/mol. The fourth-order valence-corrected chi connectivity index (χ4v) is 3.12. The summed E-state index contributed by atoms with van der Waals surface area (Å²) in [5, 5.41) is 7.59. The Morgan fingerprint density at radius 3 is 1.97 bits per heavy atom. The van der Waals surface area contributed by atoms with E-state index in [0.717, 1.165) is 5.01 Å². The van der Waals surface area contributed by atoms with Gasteiger partial charge in [0.05, 0.1) is 40.2 Å². The van der Waals surface area contributed by atoms with Gasteiger partial charge in [-0.2, -0.15) is 5.10 Å². The van der Waals surface area contributed by atoms with Crippen LogP contribution in [0.25, 0.3) is 0 Å². The molecule has 3 rings (SSSR count). The zero-order valence-corrected chi connectivity index (χ0v) is 17.4. The molecule has 3 amide bonds. The fraction of sp³-hybridized carbons (Fsp3) is 0.286. The highest BCUT2D eigenvalue weighted by molar-refractivity contribution is 6.07. The van der Waals surface area contributed by atoms with Crippen molar-refractivity contribution >= 4 is 18.2 Å². The number of methoxy groups -OCH3 is 4. The Morgan fingerprint density at radius 2 is 1.47 bits per heavy atom. The number of ether oxygens (including phenoxy) is 4. The standard InChI is InChI=1S/C21H23N3O6/c1-21(13-6-8-14(27-2)9-7-13)19(25)24(20(26)23-21)22-12-16-17(29-4)10-15(28-3)11-18(16)30-5/h6-12H,1-5H3,(H,23,26)/b22-12-/t21-/m1/s1. The zero-order chi connectivity index (χ0) is 21.9. The highest BCUT2D eigenvalue weighted by Crippen LogP contribution is 2.34. The Hall–Kier alpha value is -3.75. The van der Waals surface area contributed by atoms with E-state index in [-0.39, 0.29) is 0 Å². The number of hydrogen-bond donors (Lipinski definition) is 1. The first-order valence-electron chi connectivity index (χ1n) is 9.03. The van der Waals surface area contributed by atoms with Crippen molar-refractivity contribution in [1.82, 2.24) is 10.3 Å². The van der Waals surface area contributed by atoms with Gasteiger partial charge >= 0.3 is 6.03 Å². The molecule has 0 radical (unpaired) electrons. The number of rotatable bonds is 7. The third-order valence-electron chi connectivity index (χ3n) is 4.89. The molecule has 2 aromatic rings. The molecule has 9 nitrogen and oxygen atoms in total. The number of imide groups is 1. The van der Waals surface area contributed by atoms with Gasteiger partial charge in [0.25, 0.3) is 5.91 Å². The number of nitrogens with zero attached hydrogens (tertiary/aromatic N) is 2. The Labute approximate surface area is 174 Å². The smallest absolute Gasteiger partial charge is 0.346 e. The van der Waals surface area contributed by atoms with Crippen LogP contribution in [0.1, 0.15) is 18.1 Å². The van der Waals surface area contributed by atoms with Crippen LogP contribution < -0.4 is 24.3 Å². The molecule has 1 heterocycles. The van der Waals surface area contributed by atoms with Gasteiger partial charge in [-0.15, -0.1) is 5.01 Å². The summed E-state index contributed by atoms with van der Waals surface area (Å²) in [4.78, 5) is 25.5. The van der Waals surface area contributed by atoms with Crippen LogP contribution in [-0.4, -0.2) is 51.6 Å². The van der Waals surface area contributed by atoms with E-state index in [2.05, 4.69) is 10.4 Å². The van der Waals surface area contributed by atoms with Gasteiger partial charge in [0, 0.05) is 12.1 Å². The van der Waals surface area contributed by atoms with E-state index in [1.54, 1.807) is 50.4 Å². The maximum atomic E-state index is 13.0. The molecular formula is C21H23N3O6. The van der Waals surface area contributed by atoms with Crippen molar-refractivity contribution in [3.05, 3.63) is 47.5 Å². The lowest BCUT2D eigenvalue weighted by Gasteiger charge is -2.21. The maximum Gasteiger partial charge on any atom is 0.346 e. The van der Waals surface area contributed by atoms with E-state index in [9.17, 15) is 9.59 Å². The van der Waals surface area contributed by atoms with E-state index < -0.39 is 17.5 Å². The lowest BCUT2D eigenvalue weighted by Crippen LogP contribution is -2.40. The van der Waals surface area contributed by atoms with Gasteiger partial charge in [-0.25, -0.2) is 4.79 Å². The average Bonchev–Trinajstić information content (AvgIpc) is 3.00. The number of carbonyl (C=O) groups is 2. The van der Waals surface area contributed by atoms with Crippen LogP contribution in [0.3, 0.4) is 0 Å². The second-order valence-corrected chi connectivity index (χ2v) is 6.59. The van der Waals surface area contributed by atoms with E-state index in [0.29, 0.717) is 34.1 Å². The molecular weight excluding hydrogens is 390 g/mol. The lowest BCUT2D eigenvalue weighted by atomic mass is 9.92. The van der Waals surface area contributed by atoms with Gasteiger partial charge in [0.15, 0.2) is 0 Å². The SMILES string of the molecule is COc1ccc([C@@]2(C)NC(=O)N(/N=C\c3c(OC)cc(OC)cc3OC)C2=O)cc1. The fourth-order valence-electron chi connectivity index (χ4n) is 3.12. The lowest BCUT2D eigenvalue weighted by molar-refractivity contribution is -0.131. The third kappa shape index (κ3) is 3.61. The second-order valence-electron chi connectivity index (χ2n) is 6.59. The van der Waals surface area contributed by atoms with Gasteiger partial charge in [-0.05, 0) is 24.6 Å². The van der Waals surface area contributed by atoms with Crippen LogP contribution in [0, 0.1) is 0 Å². The van der Waals surface area contributed by atoms with Crippen molar-refractivity contribution < 1.29 is 28.5 Å². The number of carbonyl (C=O) groups excluding carboxylic acids is 2. The van der Waals surface area contributed by atoms with Crippen LogP contribution in [0.4, 0.5) is 4.79 Å². The minimum absolute atomic E-state index is 0.417. The molecule has 0 unspecified atom stereocenters. The normalized spacial score (nSPS) is 18.5. The highest BCUT2D eigenvalue weighted by atomic mass is 16.5. The van der Waals surface area contributed by atoms with Crippen molar-refractivity contribution in [2.75, 3.05) is 28.4 Å². The van der Waals surface area contributed by atoms with Crippen molar-refractivity contribution in [1.29, 1.82) is 0 Å². The monoisotopic (exact) mass is 413 g/mol. The molecule has 158 valence electrons. The summed E-state index contributed by atoms with van der Waals surface area (Å²) in [5.41, 5.74) is -0.187. The summed E-state index contributed by atoms with van der Waals surface area (Å²) >= 11 is 0. The van der Waals surface area contributed by atoms with E-state index >= 15 is 0 Å². The van der Waals surface area contributed by atoms with Crippen molar-refractivity contribution in [3.8, 4) is 23.0 Å². The van der Waals surface area contributed by atoms with Crippen LogP contribution in [0.5, 0.6) is 23.0 Å². The minimum atomic E-state index is -1.26. The molecule has 1 fully saturated rings. The van der Waals surface area contributed by atoms with E-state index in [1.165, 1.54) is 27.5 Å². The molecule has 1 saturated heterocycles. The number of benzene rings is 2. The number of nitrogens with one attached hydrogen (secondary N) is 1. The van der Waals surface area contributed by atoms with Gasteiger partial charge in [0.2, 0.25) is 0 Å². The van der Waals surface area contributed by atoms with Gasteiger partial charge in [-0.3, -0.25) is 4.79 Å². The first kappa shape index (κ1) is 21.0. The molecule has 1 N–H and O–H groups in total. The molecule has 9 heteroatoms. The van der Waals surface area contributed by atoms with Crippen molar-refractivity contribution in [3.63, 3.8) is 0 Å². The Balaban J connectivity index is 1.93. The van der Waals surface area contributed by atoms with Crippen LogP contribution in [0.15, 0.2) is 41.5 Å². The maximum absolute atomic E-state index is 13.0. The van der Waals surface area contributed by atoms with Crippen molar-refractivity contribution in [2.24, 2.45) is 5.10 Å². The molecule has 2 aromatic carbocycles. The zero-order valence-electron chi connectivity index (χ0n) is 17.4. The van der Waals surface area contributed by atoms with Crippen molar-refractivity contribution in [2.45, 2.75) is 12.5 Å². The highest BCUT2D eigenvalue weighted by Gasteiger charge is 2.49. The minimum Gasteiger partial charge on any atom is -0.497 e. The van der Waals surface area contributed by atoms with E-state index in [4.69, 9.17) is 18.9 Å². The third-order valence-corrected chi connectivity index (χ3v) is 4.89. The predicted octanol–water partition coefficient (Wildman–Crippen LogP) is 2.52. The summed E-state index contributed by atoms with van der Waals surface area (Å²) in [6.07, 6.45) is 1.34. The number of amides is 3. The van der Waals surface area contributed by atoms with E-state index in [1.807, 2.05) is 0 Å². The van der Waals surface area contributed by atoms with Crippen LogP contribution in [0.2, 0.25) is 0 Å². The summed E-state index contributed by atoms with van der Waals surface area (Å²) in [6, 6.07) is 9.55. The van der Waals surface area contributed by atoms with Gasteiger partial charge < -0.3 is 24.3 Å². The first-order valence-corrected chi connectivity index (χ1v) is 9.03. The Bertz CT molecular complexity index is 964. The number of hydrazone groups is 1. The topological polar surface area (TPSA) is 98.7 Å². The molecule has 0 aromatic heterocycles. The molecule has 0 aliphatic carbocycles. The van der Waals surface area contributed by atoms with Crippen LogP contribution >= 0.6 is 0 Å². The van der Waals surface area contributed by atoms with Gasteiger partial charge in [0.1, 0.15) is 28.5 Å². The largest absolute Gasteiger partial charge is 0.497 e. The van der Waals surface area contributed by atoms with Gasteiger partial charge in [-0.1, -0.05) is 12.1 Å². The summed E-state index contributed by atoms with van der Waals surface area (Å²) in [5.74, 6) is 1.50. The molecule has 1 aliphatic rings. The molecule has 30 heavy (non-hydrogen) atoms. The molecule has 0 bridgehead atoms. The molecule has 1 atom stereocenters. The summed E-state index contributed by atoms with van der Waals surface area (Å²) in [6.45, 7) is 1.62. The summed E-state index contributed by atoms with van der Waals surface area (Å²) < 4.78 is 21.1. The summed E-state index contributed by atoms with van der Waals surface area (Å²) in [7, 11) is 6.05. The Kier molecular flexibility index (Phi) is 5.81. The quantitative estimate of drug-likeness (QED) is 0.553. The molecule has 0 spiro atoms. The molecule has 0 saturated carbocycles. The molecule has 1 aliphatic heterocycles. The first-order chi connectivity index (χ1) is 14.4. The second kappa shape index (κ2) is 8.32. The number of urea groups is 1.